The molecule has 0 aliphatic rings. The van der Waals surface area contributed by atoms with Gasteiger partial charge in [-0.3, -0.25) is 15.1 Å². The van der Waals surface area contributed by atoms with Crippen LogP contribution in [0.5, 0.6) is 0 Å². The van der Waals surface area contributed by atoms with E-state index in [0.717, 1.165) is 11.1 Å². The fraction of sp³-hybridized carbons (Fsp3) is 0.111. The summed E-state index contributed by atoms with van der Waals surface area (Å²) < 4.78 is 19.9. The standard InChI is InChI=1S/C18H15FN4O3S/c1-12(2)9-20-18-22(21-10-15-7-8-17(26-15)23(24)25)16(11-27-18)13-3-5-14(19)6-4-13/h3-8,10-11H,1,9H2,2H3. The lowest BCUT2D eigenvalue weighted by atomic mass is 10.2. The van der Waals surface area contributed by atoms with Crippen LogP contribution < -0.4 is 4.80 Å². The highest BCUT2D eigenvalue weighted by Gasteiger charge is 2.11. The van der Waals surface area contributed by atoms with E-state index in [1.807, 2.05) is 12.3 Å². The molecule has 0 aliphatic heterocycles. The molecule has 27 heavy (non-hydrogen) atoms. The summed E-state index contributed by atoms with van der Waals surface area (Å²) in [6.45, 7) is 6.13. The zero-order valence-electron chi connectivity index (χ0n) is 14.3. The minimum absolute atomic E-state index is 0.233. The summed E-state index contributed by atoms with van der Waals surface area (Å²) in [5.74, 6) is -0.465. The third kappa shape index (κ3) is 4.45. The number of rotatable bonds is 6. The smallest absolute Gasteiger partial charge is 0.400 e. The molecule has 0 fully saturated rings. The topological polar surface area (TPSA) is 85.9 Å². The van der Waals surface area contributed by atoms with Crippen molar-refractivity contribution in [2.75, 3.05) is 6.54 Å². The Kier molecular flexibility index (Phi) is 5.41. The Morgan fingerprint density at radius 3 is 2.74 bits per heavy atom. The van der Waals surface area contributed by atoms with E-state index in [1.54, 1.807) is 16.8 Å². The second-order valence-corrected chi connectivity index (χ2v) is 6.51. The van der Waals surface area contributed by atoms with Crippen molar-refractivity contribution in [3.8, 4) is 11.3 Å². The monoisotopic (exact) mass is 386 g/mol. The van der Waals surface area contributed by atoms with Gasteiger partial charge in [0.2, 0.25) is 4.80 Å². The van der Waals surface area contributed by atoms with Crippen molar-refractivity contribution in [2.45, 2.75) is 6.92 Å². The maximum Gasteiger partial charge on any atom is 0.433 e. The molecule has 0 atom stereocenters. The molecule has 3 rings (SSSR count). The number of halogens is 1. The molecule has 1 aromatic carbocycles. The highest BCUT2D eigenvalue weighted by Crippen LogP contribution is 2.21. The van der Waals surface area contributed by atoms with Crippen LogP contribution in [0.15, 0.2) is 68.4 Å². The Labute approximate surface area is 157 Å². The molecule has 9 heteroatoms. The van der Waals surface area contributed by atoms with Crippen molar-refractivity contribution < 1.29 is 13.7 Å². The average Bonchev–Trinajstić information content (AvgIpc) is 3.26. The number of hydrogen-bond donors (Lipinski definition) is 0. The van der Waals surface area contributed by atoms with Crippen molar-refractivity contribution in [2.24, 2.45) is 10.1 Å². The van der Waals surface area contributed by atoms with Crippen LogP contribution in [0.2, 0.25) is 0 Å². The molecule has 0 amide bonds. The third-order valence-electron chi connectivity index (χ3n) is 3.40. The first-order chi connectivity index (χ1) is 12.9. The average molecular weight is 386 g/mol. The maximum atomic E-state index is 13.2. The fourth-order valence-electron chi connectivity index (χ4n) is 2.17. The lowest BCUT2D eigenvalue weighted by Crippen LogP contribution is -2.12. The van der Waals surface area contributed by atoms with E-state index < -0.39 is 4.92 Å². The number of furan rings is 1. The second kappa shape index (κ2) is 7.92. The Morgan fingerprint density at radius 2 is 2.11 bits per heavy atom. The van der Waals surface area contributed by atoms with Crippen LogP contribution in [-0.2, 0) is 0 Å². The third-order valence-corrected chi connectivity index (χ3v) is 4.26. The first-order valence-corrected chi connectivity index (χ1v) is 8.72. The zero-order chi connectivity index (χ0) is 19.4. The Morgan fingerprint density at radius 1 is 1.37 bits per heavy atom. The Balaban J connectivity index is 2.03. The van der Waals surface area contributed by atoms with Crippen LogP contribution in [0.3, 0.4) is 0 Å². The predicted octanol–water partition coefficient (Wildman–Crippen LogP) is 4.22. The fourth-order valence-corrected chi connectivity index (χ4v) is 3.00. The molecule has 0 saturated carbocycles. The summed E-state index contributed by atoms with van der Waals surface area (Å²) in [5.41, 5.74) is 2.36. The molecule has 0 aliphatic carbocycles. The van der Waals surface area contributed by atoms with Gasteiger partial charge in [-0.1, -0.05) is 12.2 Å². The van der Waals surface area contributed by atoms with Gasteiger partial charge >= 0.3 is 5.88 Å². The number of hydrogen-bond acceptors (Lipinski definition) is 6. The summed E-state index contributed by atoms with van der Waals surface area (Å²) in [6.07, 6.45) is 1.37. The normalized spacial score (nSPS) is 12.0. The quantitative estimate of drug-likeness (QED) is 0.275. The van der Waals surface area contributed by atoms with E-state index in [1.165, 1.54) is 41.8 Å². The minimum Gasteiger partial charge on any atom is -0.400 e. The highest BCUT2D eigenvalue weighted by atomic mass is 32.1. The molecule has 3 aromatic rings. The Bertz CT molecular complexity index is 1080. The van der Waals surface area contributed by atoms with Gasteiger partial charge in [-0.2, -0.15) is 5.10 Å². The molecule has 0 N–H and O–H groups in total. The van der Waals surface area contributed by atoms with E-state index in [4.69, 9.17) is 4.42 Å². The van der Waals surface area contributed by atoms with Crippen molar-refractivity contribution >= 4 is 23.4 Å². The van der Waals surface area contributed by atoms with E-state index >= 15 is 0 Å². The van der Waals surface area contributed by atoms with Gasteiger partial charge in [0, 0.05) is 10.9 Å². The number of nitro groups is 1. The van der Waals surface area contributed by atoms with Gasteiger partial charge < -0.3 is 4.42 Å². The highest BCUT2D eigenvalue weighted by molar-refractivity contribution is 7.07. The molecule has 2 heterocycles. The van der Waals surface area contributed by atoms with Crippen LogP contribution >= 0.6 is 11.3 Å². The van der Waals surface area contributed by atoms with Gasteiger partial charge in [-0.25, -0.2) is 9.07 Å². The van der Waals surface area contributed by atoms with E-state index in [9.17, 15) is 14.5 Å². The van der Waals surface area contributed by atoms with Gasteiger partial charge in [0.1, 0.15) is 10.7 Å². The van der Waals surface area contributed by atoms with E-state index in [0.29, 0.717) is 17.0 Å². The number of nitrogens with zero attached hydrogens (tertiary/aromatic N) is 4. The largest absolute Gasteiger partial charge is 0.433 e. The van der Waals surface area contributed by atoms with Crippen LogP contribution in [0.25, 0.3) is 11.3 Å². The molecule has 7 nitrogen and oxygen atoms in total. The SMILES string of the molecule is C=C(C)CN=c1scc(-c2ccc(F)cc2)n1N=Cc1ccc([N+](=O)[O-])o1. The first-order valence-electron chi connectivity index (χ1n) is 7.84. The lowest BCUT2D eigenvalue weighted by molar-refractivity contribution is -0.402. The van der Waals surface area contributed by atoms with Crippen molar-refractivity contribution in [1.82, 2.24) is 4.68 Å². The summed E-state index contributed by atoms with van der Waals surface area (Å²) in [6, 6.07) is 8.72. The molecule has 0 saturated heterocycles. The number of thiazole rings is 1. The Hall–Kier alpha value is -3.33. The van der Waals surface area contributed by atoms with E-state index in [2.05, 4.69) is 16.7 Å². The zero-order valence-corrected chi connectivity index (χ0v) is 15.1. The maximum absolute atomic E-state index is 13.2. The summed E-state index contributed by atoms with van der Waals surface area (Å²) in [4.78, 5) is 15.2. The van der Waals surface area contributed by atoms with Gasteiger partial charge in [0.25, 0.3) is 0 Å². The first kappa shape index (κ1) is 18.5. The van der Waals surface area contributed by atoms with Gasteiger partial charge in [0.05, 0.1) is 24.5 Å². The molecule has 0 radical (unpaired) electrons. The molecular formula is C18H15FN4O3S. The van der Waals surface area contributed by atoms with Crippen molar-refractivity contribution in [1.29, 1.82) is 0 Å². The molecule has 2 aromatic heterocycles. The van der Waals surface area contributed by atoms with Crippen LogP contribution in [0.1, 0.15) is 12.7 Å². The second-order valence-electron chi connectivity index (χ2n) is 5.67. The molecule has 0 unspecified atom stereocenters. The van der Waals surface area contributed by atoms with Gasteiger partial charge in [-0.05, 0) is 37.3 Å². The van der Waals surface area contributed by atoms with Gasteiger partial charge in [-0.15, -0.1) is 11.3 Å². The number of benzene rings is 1. The lowest BCUT2D eigenvalue weighted by Gasteiger charge is -2.03. The van der Waals surface area contributed by atoms with Crippen molar-refractivity contribution in [3.05, 3.63) is 80.4 Å². The molecule has 0 bridgehead atoms. The minimum atomic E-state index is -0.618. The van der Waals surface area contributed by atoms with Crippen molar-refractivity contribution in [3.63, 3.8) is 0 Å². The van der Waals surface area contributed by atoms with E-state index in [-0.39, 0.29) is 17.5 Å². The summed E-state index contributed by atoms with van der Waals surface area (Å²) in [7, 11) is 0. The van der Waals surface area contributed by atoms with Crippen LogP contribution in [0, 0.1) is 15.9 Å². The predicted molar refractivity (Wildman–Crippen MR) is 101 cm³/mol. The summed E-state index contributed by atoms with van der Waals surface area (Å²) in [5, 5.41) is 16.9. The van der Waals surface area contributed by atoms with Crippen LogP contribution in [0.4, 0.5) is 10.3 Å². The summed E-state index contributed by atoms with van der Waals surface area (Å²) >= 11 is 1.37. The van der Waals surface area contributed by atoms with Crippen LogP contribution in [-0.4, -0.2) is 22.4 Å². The number of aromatic nitrogens is 1. The molecule has 138 valence electrons. The van der Waals surface area contributed by atoms with Gasteiger partial charge in [0.15, 0.2) is 5.76 Å². The molecular weight excluding hydrogens is 371 g/mol. The molecule has 0 spiro atoms.